The first-order valence-electron chi connectivity index (χ1n) is 4.52. The van der Waals surface area contributed by atoms with Crippen LogP contribution >= 0.6 is 0 Å². The van der Waals surface area contributed by atoms with E-state index in [4.69, 9.17) is 10.2 Å². The lowest BCUT2D eigenvalue weighted by atomic mass is 10.2. The Bertz CT molecular complexity index is 416. The Hall–Kier alpha value is -2.24. The maximum Gasteiger partial charge on any atom is 0.303 e. The summed E-state index contributed by atoms with van der Waals surface area (Å²) in [6.45, 7) is 0. The summed E-state index contributed by atoms with van der Waals surface area (Å²) in [6, 6.07) is 3.70. The van der Waals surface area contributed by atoms with Crippen LogP contribution in [-0.4, -0.2) is 27.2 Å². The van der Waals surface area contributed by atoms with Gasteiger partial charge in [0.05, 0.1) is 12.1 Å². The molecule has 86 valence electrons. The van der Waals surface area contributed by atoms with Crippen LogP contribution < -0.4 is 5.32 Å². The Kier molecular flexibility index (Phi) is 3.71. The van der Waals surface area contributed by atoms with Crippen molar-refractivity contribution < 1.29 is 24.9 Å². The van der Waals surface area contributed by atoms with Gasteiger partial charge in [0.2, 0.25) is 5.91 Å². The van der Waals surface area contributed by atoms with Crippen molar-refractivity contribution in [1.82, 2.24) is 0 Å². The van der Waals surface area contributed by atoms with E-state index >= 15 is 0 Å². The van der Waals surface area contributed by atoms with E-state index in [9.17, 15) is 14.7 Å². The van der Waals surface area contributed by atoms with Gasteiger partial charge in [-0.25, -0.2) is 0 Å². The normalized spacial score (nSPS) is 9.75. The topological polar surface area (TPSA) is 107 Å². The molecule has 0 aromatic heterocycles. The molecule has 0 bridgehead atoms. The third kappa shape index (κ3) is 3.49. The highest BCUT2D eigenvalue weighted by Crippen LogP contribution is 2.27. The molecule has 6 nitrogen and oxygen atoms in total. The zero-order chi connectivity index (χ0) is 12.1. The van der Waals surface area contributed by atoms with Gasteiger partial charge in [0, 0.05) is 12.5 Å². The SMILES string of the molecule is O=C(O)CCC(=O)Nc1ccc(O)cc1O. The lowest BCUT2D eigenvalue weighted by Gasteiger charge is -2.06. The number of carbonyl (C=O) groups excluding carboxylic acids is 1. The average molecular weight is 225 g/mol. The largest absolute Gasteiger partial charge is 0.508 e. The number of amides is 1. The fourth-order valence-corrected chi connectivity index (χ4v) is 1.06. The van der Waals surface area contributed by atoms with Crippen molar-refractivity contribution in [3.63, 3.8) is 0 Å². The second-order valence-electron chi connectivity index (χ2n) is 3.14. The van der Waals surface area contributed by atoms with Crippen LogP contribution in [0.15, 0.2) is 18.2 Å². The first kappa shape index (κ1) is 11.8. The molecule has 0 spiro atoms. The molecule has 0 heterocycles. The quantitative estimate of drug-likeness (QED) is 0.450. The first-order valence-corrected chi connectivity index (χ1v) is 4.52. The minimum Gasteiger partial charge on any atom is -0.508 e. The van der Waals surface area contributed by atoms with Gasteiger partial charge in [-0.1, -0.05) is 0 Å². The highest BCUT2D eigenvalue weighted by atomic mass is 16.4. The number of carbonyl (C=O) groups is 2. The minimum atomic E-state index is -1.06. The summed E-state index contributed by atoms with van der Waals surface area (Å²) in [5, 5.41) is 29.0. The summed E-state index contributed by atoms with van der Waals surface area (Å²) < 4.78 is 0. The fourth-order valence-electron chi connectivity index (χ4n) is 1.06. The van der Waals surface area contributed by atoms with Crippen LogP contribution in [0.4, 0.5) is 5.69 Å². The molecular formula is C10H11NO5. The molecule has 0 saturated carbocycles. The Labute approximate surface area is 91.1 Å². The monoisotopic (exact) mass is 225 g/mol. The number of hydrogen-bond acceptors (Lipinski definition) is 4. The van der Waals surface area contributed by atoms with Crippen LogP contribution in [0.25, 0.3) is 0 Å². The van der Waals surface area contributed by atoms with E-state index in [0.29, 0.717) is 0 Å². The smallest absolute Gasteiger partial charge is 0.303 e. The maximum atomic E-state index is 11.2. The summed E-state index contributed by atoms with van der Waals surface area (Å²) in [5.41, 5.74) is 0.133. The van der Waals surface area contributed by atoms with Crippen molar-refractivity contribution in [1.29, 1.82) is 0 Å². The molecule has 0 saturated heterocycles. The molecule has 0 aliphatic carbocycles. The number of anilines is 1. The van der Waals surface area contributed by atoms with E-state index in [1.54, 1.807) is 0 Å². The fraction of sp³-hybridized carbons (Fsp3) is 0.200. The second-order valence-corrected chi connectivity index (χ2v) is 3.14. The number of aliphatic carboxylic acids is 1. The predicted octanol–water partition coefficient (Wildman–Crippen LogP) is 0.901. The van der Waals surface area contributed by atoms with Crippen molar-refractivity contribution in [2.45, 2.75) is 12.8 Å². The van der Waals surface area contributed by atoms with Crippen LogP contribution in [0.2, 0.25) is 0 Å². The molecule has 1 rings (SSSR count). The van der Waals surface area contributed by atoms with Crippen molar-refractivity contribution in [2.24, 2.45) is 0 Å². The van der Waals surface area contributed by atoms with E-state index in [-0.39, 0.29) is 30.0 Å². The zero-order valence-electron chi connectivity index (χ0n) is 8.30. The molecule has 0 atom stereocenters. The Morgan fingerprint density at radius 1 is 1.19 bits per heavy atom. The molecular weight excluding hydrogens is 214 g/mol. The van der Waals surface area contributed by atoms with Crippen LogP contribution in [-0.2, 0) is 9.59 Å². The van der Waals surface area contributed by atoms with Crippen LogP contribution in [0.3, 0.4) is 0 Å². The zero-order valence-corrected chi connectivity index (χ0v) is 8.30. The van der Waals surface area contributed by atoms with Gasteiger partial charge in [0.15, 0.2) is 0 Å². The molecule has 6 heteroatoms. The first-order chi connectivity index (χ1) is 7.49. The summed E-state index contributed by atoms with van der Waals surface area (Å²) in [7, 11) is 0. The van der Waals surface area contributed by atoms with Gasteiger partial charge < -0.3 is 20.6 Å². The molecule has 0 unspecified atom stereocenters. The maximum absolute atomic E-state index is 11.2. The van der Waals surface area contributed by atoms with Gasteiger partial charge in [-0.3, -0.25) is 9.59 Å². The number of aromatic hydroxyl groups is 2. The minimum absolute atomic E-state index is 0.124. The third-order valence-electron chi connectivity index (χ3n) is 1.82. The predicted molar refractivity (Wildman–Crippen MR) is 55.3 cm³/mol. The van der Waals surface area contributed by atoms with Crippen LogP contribution in [0.1, 0.15) is 12.8 Å². The van der Waals surface area contributed by atoms with Crippen LogP contribution in [0.5, 0.6) is 11.5 Å². The van der Waals surface area contributed by atoms with Gasteiger partial charge in [-0.2, -0.15) is 0 Å². The standard InChI is InChI=1S/C10H11NO5/c12-6-1-2-7(8(13)5-6)11-9(14)3-4-10(15)16/h1-2,5,12-13H,3-4H2,(H,11,14)(H,15,16). The van der Waals surface area contributed by atoms with E-state index in [1.165, 1.54) is 12.1 Å². The number of phenolic OH excluding ortho intramolecular Hbond substituents is 2. The summed E-state index contributed by atoms with van der Waals surface area (Å²) in [4.78, 5) is 21.4. The molecule has 0 aliphatic heterocycles. The van der Waals surface area contributed by atoms with Crippen molar-refractivity contribution in [2.75, 3.05) is 5.32 Å². The Balaban J connectivity index is 2.59. The Morgan fingerprint density at radius 2 is 1.88 bits per heavy atom. The molecule has 0 radical (unpaired) electrons. The third-order valence-corrected chi connectivity index (χ3v) is 1.82. The highest BCUT2D eigenvalue weighted by molar-refractivity contribution is 5.93. The number of hydrogen-bond donors (Lipinski definition) is 4. The molecule has 1 aromatic carbocycles. The van der Waals surface area contributed by atoms with E-state index in [0.717, 1.165) is 6.07 Å². The highest BCUT2D eigenvalue weighted by Gasteiger charge is 2.08. The van der Waals surface area contributed by atoms with E-state index < -0.39 is 11.9 Å². The van der Waals surface area contributed by atoms with Gasteiger partial charge >= 0.3 is 5.97 Å². The summed E-state index contributed by atoms with van der Waals surface area (Å²) in [6.07, 6.45) is -0.444. The molecule has 16 heavy (non-hydrogen) atoms. The lowest BCUT2D eigenvalue weighted by Crippen LogP contribution is -2.13. The molecule has 4 N–H and O–H groups in total. The van der Waals surface area contributed by atoms with Crippen molar-refractivity contribution in [3.05, 3.63) is 18.2 Å². The number of phenols is 2. The molecule has 0 aliphatic rings. The van der Waals surface area contributed by atoms with Crippen LogP contribution in [0, 0.1) is 0 Å². The number of nitrogens with one attached hydrogen (secondary N) is 1. The lowest BCUT2D eigenvalue weighted by molar-refractivity contribution is -0.138. The molecule has 0 fully saturated rings. The Morgan fingerprint density at radius 3 is 2.44 bits per heavy atom. The molecule has 1 aromatic rings. The van der Waals surface area contributed by atoms with Gasteiger partial charge in [0.25, 0.3) is 0 Å². The number of carboxylic acid groups (broad SMARTS) is 1. The van der Waals surface area contributed by atoms with Gasteiger partial charge in [-0.05, 0) is 12.1 Å². The summed E-state index contributed by atoms with van der Waals surface area (Å²) in [5.74, 6) is -1.97. The number of benzene rings is 1. The van der Waals surface area contributed by atoms with Gasteiger partial charge in [-0.15, -0.1) is 0 Å². The van der Waals surface area contributed by atoms with E-state index in [1.807, 2.05) is 0 Å². The molecule has 1 amide bonds. The average Bonchev–Trinajstić information content (AvgIpc) is 2.19. The van der Waals surface area contributed by atoms with E-state index in [2.05, 4.69) is 5.32 Å². The summed E-state index contributed by atoms with van der Waals surface area (Å²) >= 11 is 0. The van der Waals surface area contributed by atoms with Crippen molar-refractivity contribution >= 4 is 17.6 Å². The number of rotatable bonds is 4. The van der Waals surface area contributed by atoms with Gasteiger partial charge in [0.1, 0.15) is 11.5 Å². The second kappa shape index (κ2) is 5.01. The number of carboxylic acids is 1. The van der Waals surface area contributed by atoms with Crippen molar-refractivity contribution in [3.8, 4) is 11.5 Å².